The van der Waals surface area contributed by atoms with E-state index < -0.39 is 5.97 Å². The minimum atomic E-state index is -1.06. The van der Waals surface area contributed by atoms with Crippen LogP contribution in [0.4, 0.5) is 5.82 Å². The largest absolute Gasteiger partial charge is 0.476 e. The lowest BCUT2D eigenvalue weighted by Gasteiger charge is -2.22. The first-order valence-corrected chi connectivity index (χ1v) is 6.53. The van der Waals surface area contributed by atoms with Gasteiger partial charge in [0, 0.05) is 12.6 Å². The van der Waals surface area contributed by atoms with E-state index in [2.05, 4.69) is 41.1 Å². The van der Waals surface area contributed by atoms with Crippen LogP contribution in [-0.4, -0.2) is 52.1 Å². The zero-order valence-corrected chi connectivity index (χ0v) is 11.8. The van der Waals surface area contributed by atoms with Crippen molar-refractivity contribution in [3.8, 4) is 0 Å². The number of carbonyl (C=O) groups is 1. The summed E-state index contributed by atoms with van der Waals surface area (Å²) >= 11 is 0. The summed E-state index contributed by atoms with van der Waals surface area (Å²) in [6.07, 6.45) is 5.09. The van der Waals surface area contributed by atoms with Gasteiger partial charge in [-0.1, -0.05) is 13.3 Å². The number of nitrogens with one attached hydrogen (secondary N) is 1. The number of hydrogen-bond donors (Lipinski definition) is 2. The summed E-state index contributed by atoms with van der Waals surface area (Å²) in [6.45, 7) is 6.22. The highest BCUT2D eigenvalue weighted by atomic mass is 16.4. The van der Waals surface area contributed by atoms with E-state index >= 15 is 0 Å². The van der Waals surface area contributed by atoms with E-state index in [4.69, 9.17) is 5.11 Å². The van der Waals surface area contributed by atoms with E-state index in [-0.39, 0.29) is 11.7 Å². The Balaban J connectivity index is 2.43. The Bertz CT molecular complexity index is 394. The highest BCUT2D eigenvalue weighted by Gasteiger charge is 2.08. The molecule has 1 rings (SSSR count). The van der Waals surface area contributed by atoms with Crippen molar-refractivity contribution in [2.45, 2.75) is 32.7 Å². The van der Waals surface area contributed by atoms with Crippen molar-refractivity contribution < 1.29 is 9.90 Å². The molecule has 0 spiro atoms. The molecular weight excluding hydrogens is 244 g/mol. The number of nitrogens with zero attached hydrogens (tertiary/aromatic N) is 3. The molecule has 106 valence electrons. The molecule has 0 aliphatic rings. The monoisotopic (exact) mass is 266 g/mol. The molecule has 0 saturated heterocycles. The highest BCUT2D eigenvalue weighted by Crippen LogP contribution is 2.04. The van der Waals surface area contributed by atoms with E-state index in [0.717, 1.165) is 13.1 Å². The highest BCUT2D eigenvalue weighted by molar-refractivity contribution is 5.84. The first kappa shape index (κ1) is 15.4. The summed E-state index contributed by atoms with van der Waals surface area (Å²) in [6, 6.07) is 0.229. The van der Waals surface area contributed by atoms with E-state index in [1.807, 2.05) is 0 Å². The Morgan fingerprint density at radius 2 is 2.21 bits per heavy atom. The number of aromatic carboxylic acids is 1. The number of rotatable bonds is 8. The number of unbranched alkanes of at least 4 members (excludes halogenated alkanes) is 1. The van der Waals surface area contributed by atoms with Crippen LogP contribution in [0.1, 0.15) is 37.2 Å². The van der Waals surface area contributed by atoms with Crippen LogP contribution < -0.4 is 5.32 Å². The fourth-order valence-electron chi connectivity index (χ4n) is 1.80. The molecule has 1 atom stereocenters. The Hall–Kier alpha value is -1.69. The molecule has 0 unspecified atom stereocenters. The summed E-state index contributed by atoms with van der Waals surface area (Å²) in [5, 5.41) is 11.9. The molecule has 0 aliphatic carbocycles. The summed E-state index contributed by atoms with van der Waals surface area (Å²) in [5.41, 5.74) is -0.0433. The molecule has 0 aromatic carbocycles. The summed E-state index contributed by atoms with van der Waals surface area (Å²) < 4.78 is 0. The zero-order valence-electron chi connectivity index (χ0n) is 11.8. The normalized spacial score (nSPS) is 12.4. The number of carboxylic acids is 1. The van der Waals surface area contributed by atoms with Gasteiger partial charge in [-0.15, -0.1) is 0 Å². The molecule has 0 bridgehead atoms. The van der Waals surface area contributed by atoms with E-state index in [9.17, 15) is 4.79 Å². The molecule has 6 heteroatoms. The van der Waals surface area contributed by atoms with Crippen molar-refractivity contribution in [3.05, 3.63) is 18.1 Å². The second-order valence-corrected chi connectivity index (χ2v) is 4.75. The maximum Gasteiger partial charge on any atom is 0.356 e. The molecule has 6 nitrogen and oxygen atoms in total. The zero-order chi connectivity index (χ0) is 14.3. The Kier molecular flexibility index (Phi) is 6.21. The van der Waals surface area contributed by atoms with Crippen LogP contribution in [0.2, 0.25) is 0 Å². The lowest BCUT2D eigenvalue weighted by Crippen LogP contribution is -2.33. The fourth-order valence-corrected chi connectivity index (χ4v) is 1.80. The van der Waals surface area contributed by atoms with Gasteiger partial charge in [0.15, 0.2) is 5.69 Å². The molecular formula is C13H22N4O2. The van der Waals surface area contributed by atoms with Crippen molar-refractivity contribution in [1.29, 1.82) is 0 Å². The lowest BCUT2D eigenvalue weighted by atomic mass is 10.2. The van der Waals surface area contributed by atoms with E-state index in [1.54, 1.807) is 0 Å². The fraction of sp³-hybridized carbons (Fsp3) is 0.615. The smallest absolute Gasteiger partial charge is 0.356 e. The molecule has 19 heavy (non-hydrogen) atoms. The van der Waals surface area contributed by atoms with Crippen molar-refractivity contribution in [1.82, 2.24) is 14.9 Å². The summed E-state index contributed by atoms with van der Waals surface area (Å²) in [4.78, 5) is 20.8. The van der Waals surface area contributed by atoms with Crippen LogP contribution in [0, 0.1) is 0 Å². The quantitative estimate of drug-likeness (QED) is 0.745. The second-order valence-electron chi connectivity index (χ2n) is 4.75. The van der Waals surface area contributed by atoms with Crippen molar-refractivity contribution in [3.63, 3.8) is 0 Å². The Morgan fingerprint density at radius 1 is 1.47 bits per heavy atom. The molecule has 0 amide bonds. The third kappa shape index (κ3) is 5.65. The molecule has 1 aromatic rings. The third-order valence-corrected chi connectivity index (χ3v) is 2.74. The first-order chi connectivity index (χ1) is 9.02. The average molecular weight is 266 g/mol. The average Bonchev–Trinajstić information content (AvgIpc) is 2.36. The molecule has 1 heterocycles. The SMILES string of the molecule is CCCCN(C)C[C@@H](C)Nc1cnc(C(=O)O)cn1. The molecule has 1 aromatic heterocycles. The third-order valence-electron chi connectivity index (χ3n) is 2.74. The summed E-state index contributed by atoms with van der Waals surface area (Å²) in [7, 11) is 2.09. The Labute approximate surface area is 113 Å². The van der Waals surface area contributed by atoms with Crippen molar-refractivity contribution >= 4 is 11.8 Å². The van der Waals surface area contributed by atoms with Gasteiger partial charge in [0.25, 0.3) is 0 Å². The number of hydrogen-bond acceptors (Lipinski definition) is 5. The van der Waals surface area contributed by atoms with Crippen molar-refractivity contribution in [2.24, 2.45) is 0 Å². The van der Waals surface area contributed by atoms with Gasteiger partial charge in [-0.3, -0.25) is 0 Å². The van der Waals surface area contributed by atoms with Crippen LogP contribution in [0.3, 0.4) is 0 Å². The van der Waals surface area contributed by atoms with Crippen LogP contribution in [0.25, 0.3) is 0 Å². The number of anilines is 1. The Morgan fingerprint density at radius 3 is 2.74 bits per heavy atom. The first-order valence-electron chi connectivity index (χ1n) is 6.53. The van der Waals surface area contributed by atoms with Crippen LogP contribution >= 0.6 is 0 Å². The standard InChI is InChI=1S/C13H22N4O2/c1-4-5-6-17(3)9-10(2)16-12-8-14-11(7-15-12)13(18)19/h7-8,10H,4-6,9H2,1-3H3,(H,15,16)(H,18,19)/t10-/m1/s1. The van der Waals surface area contributed by atoms with Crippen molar-refractivity contribution in [2.75, 3.05) is 25.5 Å². The van der Waals surface area contributed by atoms with E-state index in [0.29, 0.717) is 5.82 Å². The van der Waals surface area contributed by atoms with Crippen LogP contribution in [0.15, 0.2) is 12.4 Å². The lowest BCUT2D eigenvalue weighted by molar-refractivity contribution is 0.0690. The predicted octanol–water partition coefficient (Wildman–Crippen LogP) is 1.71. The molecule has 0 aliphatic heterocycles. The van der Waals surface area contributed by atoms with Gasteiger partial charge < -0.3 is 15.3 Å². The van der Waals surface area contributed by atoms with Crippen LogP contribution in [0.5, 0.6) is 0 Å². The molecule has 2 N–H and O–H groups in total. The van der Waals surface area contributed by atoms with Gasteiger partial charge in [-0.25, -0.2) is 14.8 Å². The number of carboxylic acid groups (broad SMARTS) is 1. The molecule has 0 radical (unpaired) electrons. The van der Waals surface area contributed by atoms with Crippen LogP contribution in [-0.2, 0) is 0 Å². The maximum atomic E-state index is 10.7. The maximum absolute atomic E-state index is 10.7. The minimum Gasteiger partial charge on any atom is -0.476 e. The topological polar surface area (TPSA) is 78.4 Å². The van der Waals surface area contributed by atoms with E-state index in [1.165, 1.54) is 25.2 Å². The van der Waals surface area contributed by atoms with Gasteiger partial charge in [0.05, 0.1) is 12.4 Å². The number of aromatic nitrogens is 2. The molecule has 0 fully saturated rings. The molecule has 0 saturated carbocycles. The second kappa shape index (κ2) is 7.68. The minimum absolute atomic E-state index is 0.0433. The van der Waals surface area contributed by atoms with Gasteiger partial charge in [0.1, 0.15) is 5.82 Å². The van der Waals surface area contributed by atoms with Gasteiger partial charge in [-0.2, -0.15) is 0 Å². The predicted molar refractivity (Wildman–Crippen MR) is 74.5 cm³/mol. The summed E-state index contributed by atoms with van der Waals surface area (Å²) in [5.74, 6) is -0.465. The van der Waals surface area contributed by atoms with Gasteiger partial charge in [0.2, 0.25) is 0 Å². The van der Waals surface area contributed by atoms with Gasteiger partial charge >= 0.3 is 5.97 Å². The number of likely N-dealkylation sites (N-methyl/N-ethyl adjacent to an activating group) is 1. The van der Waals surface area contributed by atoms with Gasteiger partial charge in [-0.05, 0) is 26.9 Å².